The third-order valence-corrected chi connectivity index (χ3v) is 8.02. The topological polar surface area (TPSA) is 96.0 Å². The van der Waals surface area contributed by atoms with E-state index >= 15 is 0 Å². The summed E-state index contributed by atoms with van der Waals surface area (Å²) in [6.07, 6.45) is 2.03. The van der Waals surface area contributed by atoms with Crippen LogP contribution in [0.5, 0.6) is 0 Å². The first-order valence-electron chi connectivity index (χ1n) is 12.5. The number of aromatic nitrogens is 5. The van der Waals surface area contributed by atoms with Crippen molar-refractivity contribution in [1.29, 1.82) is 0 Å². The Morgan fingerprint density at radius 3 is 2.61 bits per heavy atom. The van der Waals surface area contributed by atoms with Gasteiger partial charge in [0.1, 0.15) is 5.69 Å². The molecule has 0 spiro atoms. The first-order valence-corrected chi connectivity index (χ1v) is 13.7. The molecule has 1 fully saturated rings. The summed E-state index contributed by atoms with van der Waals surface area (Å²) in [5, 5.41) is 12.4. The highest BCUT2D eigenvalue weighted by atomic mass is 35.5. The van der Waals surface area contributed by atoms with Crippen LogP contribution in [0, 0.1) is 6.92 Å². The molecule has 2 atom stereocenters. The highest BCUT2D eigenvalue weighted by Gasteiger charge is 2.26. The minimum absolute atomic E-state index is 0.0592. The Morgan fingerprint density at radius 2 is 1.92 bits per heavy atom. The highest BCUT2D eigenvalue weighted by Crippen LogP contribution is 2.30. The summed E-state index contributed by atoms with van der Waals surface area (Å²) in [6, 6.07) is 16.8. The van der Waals surface area contributed by atoms with Crippen LogP contribution in [-0.2, 0) is 23.1 Å². The molecule has 5 rings (SSSR count). The number of carbonyl (C=O) groups is 1. The first kappa shape index (κ1) is 26.3. The second-order valence-electron chi connectivity index (χ2n) is 9.24. The van der Waals surface area contributed by atoms with E-state index in [0.29, 0.717) is 28.2 Å². The van der Waals surface area contributed by atoms with Crippen molar-refractivity contribution < 1.29 is 9.53 Å². The molecule has 1 amide bonds. The molecule has 11 heteroatoms. The highest BCUT2D eigenvalue weighted by molar-refractivity contribution is 8.00. The van der Waals surface area contributed by atoms with E-state index in [1.54, 1.807) is 23.3 Å². The van der Waals surface area contributed by atoms with Crippen molar-refractivity contribution in [2.45, 2.75) is 49.7 Å². The van der Waals surface area contributed by atoms with Crippen molar-refractivity contribution in [3.05, 3.63) is 75.7 Å². The molecule has 2 aromatic heterocycles. The van der Waals surface area contributed by atoms with Gasteiger partial charge in [-0.3, -0.25) is 18.8 Å². The van der Waals surface area contributed by atoms with Crippen molar-refractivity contribution in [1.82, 2.24) is 24.1 Å². The SMILES string of the molecule is Cc1c(NC(=O)[C@@H](C)Sc2nnc(-c3ccc(Cl)cc3)n2C[C@H]2CCCO2)c(=O)n(-c2ccccc2)n1C. The summed E-state index contributed by atoms with van der Waals surface area (Å²) in [7, 11) is 1.80. The van der Waals surface area contributed by atoms with E-state index in [1.807, 2.05) is 66.1 Å². The molecule has 0 aliphatic carbocycles. The predicted molar refractivity (Wildman–Crippen MR) is 149 cm³/mol. The van der Waals surface area contributed by atoms with Gasteiger partial charge in [-0.25, -0.2) is 4.68 Å². The van der Waals surface area contributed by atoms with E-state index in [1.165, 1.54) is 11.8 Å². The van der Waals surface area contributed by atoms with Gasteiger partial charge in [0.15, 0.2) is 11.0 Å². The van der Waals surface area contributed by atoms with Crippen LogP contribution in [0.4, 0.5) is 5.69 Å². The third kappa shape index (κ3) is 5.29. The average molecular weight is 553 g/mol. The number of halogens is 1. The fraction of sp³-hybridized carbons (Fsp3) is 0.333. The Labute approximate surface area is 229 Å². The number of nitrogens with one attached hydrogen (secondary N) is 1. The minimum atomic E-state index is -0.537. The summed E-state index contributed by atoms with van der Waals surface area (Å²) in [5.74, 6) is 0.401. The van der Waals surface area contributed by atoms with E-state index in [0.717, 1.165) is 30.7 Å². The second-order valence-corrected chi connectivity index (χ2v) is 11.0. The number of thioether (sulfide) groups is 1. The van der Waals surface area contributed by atoms with Crippen LogP contribution >= 0.6 is 23.4 Å². The van der Waals surface area contributed by atoms with Gasteiger partial charge in [0.2, 0.25) is 5.91 Å². The zero-order valence-corrected chi connectivity index (χ0v) is 23.0. The van der Waals surface area contributed by atoms with Crippen molar-refractivity contribution >= 4 is 35.0 Å². The van der Waals surface area contributed by atoms with Crippen LogP contribution < -0.4 is 10.9 Å². The van der Waals surface area contributed by atoms with Gasteiger partial charge in [-0.2, -0.15) is 0 Å². The maximum atomic E-state index is 13.3. The van der Waals surface area contributed by atoms with Crippen LogP contribution in [0.25, 0.3) is 17.1 Å². The lowest BCUT2D eigenvalue weighted by atomic mass is 10.2. The van der Waals surface area contributed by atoms with E-state index < -0.39 is 5.25 Å². The van der Waals surface area contributed by atoms with Gasteiger partial charge >= 0.3 is 0 Å². The molecule has 0 bridgehead atoms. The summed E-state index contributed by atoms with van der Waals surface area (Å²) in [4.78, 5) is 26.5. The molecule has 2 aromatic carbocycles. The number of hydrogen-bond acceptors (Lipinski definition) is 6. The largest absolute Gasteiger partial charge is 0.376 e. The van der Waals surface area contributed by atoms with Crippen LogP contribution in [0.15, 0.2) is 64.5 Å². The number of ether oxygens (including phenoxy) is 1. The molecule has 38 heavy (non-hydrogen) atoms. The lowest BCUT2D eigenvalue weighted by Crippen LogP contribution is -2.27. The molecular formula is C27H29ClN6O3S. The Morgan fingerprint density at radius 1 is 1.18 bits per heavy atom. The number of carbonyl (C=O) groups excluding carboxylic acids is 1. The van der Waals surface area contributed by atoms with Crippen LogP contribution in [-0.4, -0.2) is 48.0 Å². The maximum absolute atomic E-state index is 13.3. The Balaban J connectivity index is 1.38. The second kappa shape index (κ2) is 11.2. The summed E-state index contributed by atoms with van der Waals surface area (Å²) in [6.45, 7) is 4.93. The van der Waals surface area contributed by atoms with E-state index in [-0.39, 0.29) is 23.3 Å². The third-order valence-electron chi connectivity index (χ3n) is 6.68. The van der Waals surface area contributed by atoms with Gasteiger partial charge < -0.3 is 10.1 Å². The van der Waals surface area contributed by atoms with E-state index in [4.69, 9.17) is 16.3 Å². The fourth-order valence-corrected chi connectivity index (χ4v) is 5.48. The number of hydrogen-bond donors (Lipinski definition) is 1. The number of rotatable bonds is 8. The number of nitrogens with zero attached hydrogens (tertiary/aromatic N) is 5. The first-order chi connectivity index (χ1) is 18.3. The molecule has 1 N–H and O–H groups in total. The Bertz CT molecular complexity index is 1490. The predicted octanol–water partition coefficient (Wildman–Crippen LogP) is 4.69. The number of amides is 1. The quantitative estimate of drug-likeness (QED) is 0.318. The minimum Gasteiger partial charge on any atom is -0.376 e. The Kier molecular flexibility index (Phi) is 7.73. The fourth-order valence-electron chi connectivity index (χ4n) is 4.49. The van der Waals surface area contributed by atoms with Gasteiger partial charge in [0, 0.05) is 24.2 Å². The van der Waals surface area contributed by atoms with Crippen molar-refractivity contribution in [3.8, 4) is 17.1 Å². The van der Waals surface area contributed by atoms with Crippen LogP contribution in [0.1, 0.15) is 25.5 Å². The molecule has 4 aromatic rings. The molecule has 0 saturated carbocycles. The monoisotopic (exact) mass is 552 g/mol. The van der Waals surface area contributed by atoms with Gasteiger partial charge in [0.05, 0.1) is 29.3 Å². The van der Waals surface area contributed by atoms with E-state index in [2.05, 4.69) is 15.5 Å². The molecule has 0 unspecified atom stereocenters. The zero-order valence-electron chi connectivity index (χ0n) is 21.4. The number of para-hydroxylation sites is 1. The summed E-state index contributed by atoms with van der Waals surface area (Å²) < 4.78 is 11.2. The summed E-state index contributed by atoms with van der Waals surface area (Å²) >= 11 is 7.38. The van der Waals surface area contributed by atoms with Gasteiger partial charge in [-0.1, -0.05) is 41.6 Å². The molecule has 3 heterocycles. The molecule has 1 aliphatic heterocycles. The van der Waals surface area contributed by atoms with Crippen LogP contribution in [0.2, 0.25) is 5.02 Å². The molecule has 1 aliphatic rings. The van der Waals surface area contributed by atoms with E-state index in [9.17, 15) is 9.59 Å². The standard InChI is InChI=1S/C27H29ClN6O3S/c1-17-23(26(36)34(32(17)3)21-8-5-4-6-9-21)29-25(35)18(2)38-27-31-30-24(19-11-13-20(28)14-12-19)33(27)16-22-10-7-15-37-22/h4-6,8-9,11-14,18,22H,7,10,15-16H2,1-3H3,(H,29,35)/t18-,22-/m1/s1. The van der Waals surface area contributed by atoms with Gasteiger partial charge in [-0.05, 0) is 63.1 Å². The Hall–Kier alpha value is -3.34. The lowest BCUT2D eigenvalue weighted by molar-refractivity contribution is -0.115. The summed E-state index contributed by atoms with van der Waals surface area (Å²) in [5.41, 5.74) is 2.24. The lowest BCUT2D eigenvalue weighted by Gasteiger charge is -2.16. The van der Waals surface area contributed by atoms with Crippen molar-refractivity contribution in [2.24, 2.45) is 7.05 Å². The maximum Gasteiger partial charge on any atom is 0.295 e. The molecule has 9 nitrogen and oxygen atoms in total. The molecule has 198 valence electrons. The van der Waals surface area contributed by atoms with Gasteiger partial charge in [-0.15, -0.1) is 10.2 Å². The molecule has 1 saturated heterocycles. The number of anilines is 1. The molecular weight excluding hydrogens is 524 g/mol. The van der Waals surface area contributed by atoms with Gasteiger partial charge in [0.25, 0.3) is 5.56 Å². The smallest absolute Gasteiger partial charge is 0.295 e. The van der Waals surface area contributed by atoms with Crippen molar-refractivity contribution in [2.75, 3.05) is 11.9 Å². The average Bonchev–Trinajstić information content (AvgIpc) is 3.62. The zero-order chi connectivity index (χ0) is 26.8. The van der Waals surface area contributed by atoms with Crippen molar-refractivity contribution in [3.63, 3.8) is 0 Å². The number of benzene rings is 2. The molecule has 0 radical (unpaired) electrons. The normalized spacial score (nSPS) is 16.1. The van der Waals surface area contributed by atoms with Crippen LogP contribution in [0.3, 0.4) is 0 Å².